The van der Waals surface area contributed by atoms with Gasteiger partial charge in [0.15, 0.2) is 0 Å². The zero-order valence-corrected chi connectivity index (χ0v) is 15.1. The molecule has 1 unspecified atom stereocenters. The first-order valence-corrected chi connectivity index (χ1v) is 8.40. The Balaban J connectivity index is 2.07. The summed E-state index contributed by atoms with van der Waals surface area (Å²) in [7, 11) is 0. The van der Waals surface area contributed by atoms with Gasteiger partial charge < -0.3 is 10.5 Å². The summed E-state index contributed by atoms with van der Waals surface area (Å²) in [6, 6.07) is 10.9. The number of ether oxygens (including phenoxy) is 1. The lowest BCUT2D eigenvalue weighted by molar-refractivity contribution is 0.294. The van der Waals surface area contributed by atoms with Gasteiger partial charge in [-0.15, -0.1) is 0 Å². The molecule has 0 bridgehead atoms. The number of hydrogen-bond donors (Lipinski definition) is 1. The van der Waals surface area contributed by atoms with Gasteiger partial charge in [-0.25, -0.2) is 0 Å². The van der Waals surface area contributed by atoms with Crippen LogP contribution >= 0.6 is 0 Å². The average molecular weight is 311 g/mol. The van der Waals surface area contributed by atoms with Gasteiger partial charge in [0.05, 0.1) is 6.61 Å². The molecular weight excluding hydrogens is 282 g/mol. The van der Waals surface area contributed by atoms with Crippen LogP contribution in [-0.4, -0.2) is 13.2 Å². The molecule has 0 amide bonds. The Morgan fingerprint density at radius 2 is 1.57 bits per heavy atom. The molecule has 0 heterocycles. The van der Waals surface area contributed by atoms with Crippen molar-refractivity contribution in [2.75, 3.05) is 13.2 Å². The fraction of sp³-hybridized carbons (Fsp3) is 0.429. The van der Waals surface area contributed by atoms with E-state index in [-0.39, 0.29) is 0 Å². The maximum Gasteiger partial charge on any atom is 0.125 e. The lowest BCUT2D eigenvalue weighted by Gasteiger charge is -2.20. The summed E-state index contributed by atoms with van der Waals surface area (Å²) in [5.74, 6) is 1.38. The monoisotopic (exact) mass is 311 g/mol. The third-order valence-corrected chi connectivity index (χ3v) is 4.75. The number of rotatable bonds is 6. The minimum absolute atomic E-state index is 0.348. The highest BCUT2D eigenvalue weighted by atomic mass is 16.5. The molecule has 2 aromatic rings. The Labute approximate surface area is 140 Å². The molecule has 0 saturated carbocycles. The minimum atomic E-state index is 0.348. The van der Waals surface area contributed by atoms with E-state index < -0.39 is 0 Å². The largest absolute Gasteiger partial charge is 0.493 e. The first-order chi connectivity index (χ1) is 10.9. The smallest absolute Gasteiger partial charge is 0.125 e. The number of benzene rings is 2. The SMILES string of the molecule is Cc1ccc(C)c(C(CN)CCOc2c(C)ccc(C)c2C)c1. The molecule has 0 fully saturated rings. The molecule has 1 atom stereocenters. The van der Waals surface area contributed by atoms with Gasteiger partial charge in [0.2, 0.25) is 0 Å². The minimum Gasteiger partial charge on any atom is -0.493 e. The van der Waals surface area contributed by atoms with Gasteiger partial charge >= 0.3 is 0 Å². The molecule has 0 aliphatic carbocycles. The lowest BCUT2D eigenvalue weighted by Crippen LogP contribution is -2.17. The third kappa shape index (κ3) is 4.14. The second-order valence-electron chi connectivity index (χ2n) is 6.58. The molecule has 2 heteroatoms. The van der Waals surface area contributed by atoms with Crippen LogP contribution < -0.4 is 10.5 Å². The lowest BCUT2D eigenvalue weighted by atomic mass is 9.91. The molecule has 0 aliphatic heterocycles. The molecule has 2 N–H and O–H groups in total. The molecule has 0 aliphatic rings. The van der Waals surface area contributed by atoms with Crippen LogP contribution in [-0.2, 0) is 0 Å². The predicted octanol–water partition coefficient (Wildman–Crippen LogP) is 4.74. The average Bonchev–Trinajstić information content (AvgIpc) is 2.53. The Hall–Kier alpha value is -1.80. The summed E-state index contributed by atoms with van der Waals surface area (Å²) in [5, 5.41) is 0. The Bertz CT molecular complexity index is 676. The zero-order valence-electron chi connectivity index (χ0n) is 15.1. The molecule has 2 aromatic carbocycles. The number of hydrogen-bond acceptors (Lipinski definition) is 2. The van der Waals surface area contributed by atoms with Crippen molar-refractivity contribution in [2.45, 2.75) is 47.0 Å². The van der Waals surface area contributed by atoms with E-state index in [0.717, 1.165) is 12.2 Å². The van der Waals surface area contributed by atoms with Gasteiger partial charge in [0.25, 0.3) is 0 Å². The molecule has 0 radical (unpaired) electrons. The van der Waals surface area contributed by atoms with Crippen LogP contribution in [0.15, 0.2) is 30.3 Å². The molecule has 0 aromatic heterocycles. The van der Waals surface area contributed by atoms with Crippen molar-refractivity contribution in [3.8, 4) is 5.75 Å². The van der Waals surface area contributed by atoms with Crippen molar-refractivity contribution >= 4 is 0 Å². The van der Waals surface area contributed by atoms with E-state index in [1.165, 1.54) is 33.4 Å². The van der Waals surface area contributed by atoms with Crippen LogP contribution in [0.3, 0.4) is 0 Å². The molecule has 124 valence electrons. The summed E-state index contributed by atoms with van der Waals surface area (Å²) >= 11 is 0. The van der Waals surface area contributed by atoms with Crippen molar-refractivity contribution in [3.63, 3.8) is 0 Å². The van der Waals surface area contributed by atoms with Gasteiger partial charge in [-0.1, -0.05) is 35.9 Å². The second-order valence-corrected chi connectivity index (χ2v) is 6.58. The summed E-state index contributed by atoms with van der Waals surface area (Å²) in [5.41, 5.74) is 13.7. The quantitative estimate of drug-likeness (QED) is 0.836. The van der Waals surface area contributed by atoms with Crippen LogP contribution in [0, 0.1) is 34.6 Å². The summed E-state index contributed by atoms with van der Waals surface area (Å²) in [6.45, 7) is 12.0. The molecular formula is C21H29NO. The molecule has 0 saturated heterocycles. The van der Waals surface area contributed by atoms with Crippen molar-refractivity contribution in [2.24, 2.45) is 5.73 Å². The van der Waals surface area contributed by atoms with Gasteiger partial charge in [-0.05, 0) is 81.3 Å². The van der Waals surface area contributed by atoms with Gasteiger partial charge in [-0.3, -0.25) is 0 Å². The van der Waals surface area contributed by atoms with Gasteiger partial charge in [0.1, 0.15) is 5.75 Å². The van der Waals surface area contributed by atoms with Gasteiger partial charge in [0, 0.05) is 0 Å². The van der Waals surface area contributed by atoms with Crippen LogP contribution in [0.25, 0.3) is 0 Å². The van der Waals surface area contributed by atoms with E-state index in [4.69, 9.17) is 10.5 Å². The summed E-state index contributed by atoms with van der Waals surface area (Å²) < 4.78 is 6.12. The van der Waals surface area contributed by atoms with E-state index >= 15 is 0 Å². The molecule has 0 spiro atoms. The van der Waals surface area contributed by atoms with Crippen LogP contribution in [0.1, 0.15) is 45.7 Å². The number of aryl methyl sites for hydroxylation is 4. The molecule has 23 heavy (non-hydrogen) atoms. The van der Waals surface area contributed by atoms with Crippen molar-refractivity contribution in [1.29, 1.82) is 0 Å². The van der Waals surface area contributed by atoms with Crippen LogP contribution in [0.4, 0.5) is 0 Å². The van der Waals surface area contributed by atoms with E-state index in [1.807, 2.05) is 0 Å². The third-order valence-electron chi connectivity index (χ3n) is 4.75. The maximum absolute atomic E-state index is 6.12. The fourth-order valence-electron chi connectivity index (χ4n) is 3.05. The predicted molar refractivity (Wildman–Crippen MR) is 98.5 cm³/mol. The first-order valence-electron chi connectivity index (χ1n) is 8.40. The van der Waals surface area contributed by atoms with Crippen molar-refractivity contribution < 1.29 is 4.74 Å². The highest BCUT2D eigenvalue weighted by Gasteiger charge is 2.14. The standard InChI is InChI=1S/C21H29NO/c1-14-6-7-16(3)20(12-14)19(13-22)10-11-23-21-17(4)9-8-15(2)18(21)5/h6-9,12,19H,10-11,13,22H2,1-5H3. The van der Waals surface area contributed by atoms with Crippen LogP contribution in [0.2, 0.25) is 0 Å². The molecule has 2 rings (SSSR count). The first kappa shape index (κ1) is 17.6. The van der Waals surface area contributed by atoms with E-state index in [2.05, 4.69) is 65.0 Å². The number of nitrogens with two attached hydrogens (primary N) is 1. The second kappa shape index (κ2) is 7.65. The van der Waals surface area contributed by atoms with E-state index in [1.54, 1.807) is 0 Å². The normalized spacial score (nSPS) is 12.3. The summed E-state index contributed by atoms with van der Waals surface area (Å²) in [4.78, 5) is 0. The highest BCUT2D eigenvalue weighted by Crippen LogP contribution is 2.28. The highest BCUT2D eigenvalue weighted by molar-refractivity contribution is 5.44. The van der Waals surface area contributed by atoms with Gasteiger partial charge in [-0.2, -0.15) is 0 Å². The summed E-state index contributed by atoms with van der Waals surface area (Å²) in [6.07, 6.45) is 0.938. The Kier molecular flexibility index (Phi) is 5.84. The van der Waals surface area contributed by atoms with E-state index in [0.29, 0.717) is 19.1 Å². The van der Waals surface area contributed by atoms with Crippen LogP contribution in [0.5, 0.6) is 5.75 Å². The van der Waals surface area contributed by atoms with E-state index in [9.17, 15) is 0 Å². The Morgan fingerprint density at radius 1 is 0.913 bits per heavy atom. The van der Waals surface area contributed by atoms with Crippen molar-refractivity contribution in [1.82, 2.24) is 0 Å². The fourth-order valence-corrected chi connectivity index (χ4v) is 3.05. The van der Waals surface area contributed by atoms with Crippen molar-refractivity contribution in [3.05, 3.63) is 63.7 Å². The topological polar surface area (TPSA) is 35.2 Å². The Morgan fingerprint density at radius 3 is 2.26 bits per heavy atom. The molecule has 2 nitrogen and oxygen atoms in total. The maximum atomic E-state index is 6.12. The zero-order chi connectivity index (χ0) is 17.0.